The van der Waals surface area contributed by atoms with Crippen LogP contribution in [0.3, 0.4) is 0 Å². The number of nitrogens with one attached hydrogen (secondary N) is 2. The molecular formula is C13H18N2O4. The third-order valence-electron chi connectivity index (χ3n) is 2.19. The third-order valence-corrected chi connectivity index (χ3v) is 2.19. The summed E-state index contributed by atoms with van der Waals surface area (Å²) in [5.74, 6) is 0. The van der Waals surface area contributed by atoms with E-state index in [0.29, 0.717) is 24.9 Å². The van der Waals surface area contributed by atoms with Crippen LogP contribution in [0.5, 0.6) is 0 Å². The summed E-state index contributed by atoms with van der Waals surface area (Å²) in [7, 11) is 0. The maximum Gasteiger partial charge on any atom is 0.407 e. The number of hydrogen-bond acceptors (Lipinski definition) is 4. The average Bonchev–Trinajstić information content (AvgIpc) is 2.26. The van der Waals surface area contributed by atoms with Crippen LogP contribution in [0, 0.1) is 0 Å². The first-order valence-corrected chi connectivity index (χ1v) is 5.96. The number of rotatable bonds is 4. The van der Waals surface area contributed by atoms with Gasteiger partial charge in [0.05, 0.1) is 5.56 Å². The van der Waals surface area contributed by atoms with Crippen molar-refractivity contribution < 1.29 is 14.3 Å². The predicted molar refractivity (Wildman–Crippen MR) is 70.4 cm³/mol. The number of H-pyrrole nitrogens is 1. The zero-order valence-corrected chi connectivity index (χ0v) is 11.3. The van der Waals surface area contributed by atoms with Gasteiger partial charge < -0.3 is 15.0 Å². The number of hydrogen-bond donors (Lipinski definition) is 2. The van der Waals surface area contributed by atoms with Crippen molar-refractivity contribution in [2.45, 2.75) is 32.8 Å². The highest BCUT2D eigenvalue weighted by molar-refractivity contribution is 5.73. The van der Waals surface area contributed by atoms with E-state index in [1.54, 1.807) is 26.8 Å². The Morgan fingerprint density at radius 2 is 2.11 bits per heavy atom. The summed E-state index contributed by atoms with van der Waals surface area (Å²) in [6.07, 6.45) is 0.453. The molecule has 0 aliphatic carbocycles. The first-order valence-electron chi connectivity index (χ1n) is 5.96. The van der Waals surface area contributed by atoms with Gasteiger partial charge in [0.15, 0.2) is 6.29 Å². The van der Waals surface area contributed by atoms with Crippen LogP contribution in [-0.4, -0.2) is 29.5 Å². The molecule has 0 fully saturated rings. The average molecular weight is 266 g/mol. The Bertz CT molecular complexity index is 514. The molecule has 1 heterocycles. The van der Waals surface area contributed by atoms with Gasteiger partial charge in [-0.05, 0) is 32.9 Å². The molecule has 0 aliphatic heterocycles. The van der Waals surface area contributed by atoms with E-state index in [9.17, 15) is 14.4 Å². The normalized spacial score (nSPS) is 10.9. The van der Waals surface area contributed by atoms with Crippen LogP contribution in [-0.2, 0) is 11.2 Å². The Labute approximate surface area is 111 Å². The summed E-state index contributed by atoms with van der Waals surface area (Å²) in [6, 6.07) is 3.09. The Balaban J connectivity index is 2.46. The summed E-state index contributed by atoms with van der Waals surface area (Å²) < 4.78 is 5.07. The van der Waals surface area contributed by atoms with Gasteiger partial charge in [-0.15, -0.1) is 0 Å². The zero-order chi connectivity index (χ0) is 14.5. The first-order chi connectivity index (χ1) is 8.81. The second-order valence-corrected chi connectivity index (χ2v) is 5.06. The van der Waals surface area contributed by atoms with Crippen LogP contribution in [0.1, 0.15) is 36.8 Å². The van der Waals surface area contributed by atoms with E-state index in [-0.39, 0.29) is 5.56 Å². The number of aromatic amines is 1. The summed E-state index contributed by atoms with van der Waals surface area (Å²) in [6.45, 7) is 5.68. The van der Waals surface area contributed by atoms with E-state index in [1.807, 2.05) is 0 Å². The molecule has 1 amide bonds. The molecule has 0 unspecified atom stereocenters. The molecule has 19 heavy (non-hydrogen) atoms. The van der Waals surface area contributed by atoms with Crippen LogP contribution in [0.4, 0.5) is 4.79 Å². The molecule has 0 saturated heterocycles. The minimum atomic E-state index is -0.538. The van der Waals surface area contributed by atoms with E-state index in [0.717, 1.165) is 0 Å². The lowest BCUT2D eigenvalue weighted by Crippen LogP contribution is -2.33. The molecule has 0 spiro atoms. The maximum absolute atomic E-state index is 11.4. The van der Waals surface area contributed by atoms with E-state index in [1.165, 1.54) is 6.07 Å². The molecule has 1 aromatic rings. The molecule has 104 valence electrons. The summed E-state index contributed by atoms with van der Waals surface area (Å²) in [4.78, 5) is 35.8. The second-order valence-electron chi connectivity index (χ2n) is 5.06. The van der Waals surface area contributed by atoms with Gasteiger partial charge >= 0.3 is 6.09 Å². The van der Waals surface area contributed by atoms with Gasteiger partial charge in [-0.25, -0.2) is 4.79 Å². The number of amides is 1. The number of carbonyl (C=O) groups is 2. The number of aldehydes is 1. The van der Waals surface area contributed by atoms with E-state index in [4.69, 9.17) is 4.74 Å². The Morgan fingerprint density at radius 3 is 2.63 bits per heavy atom. The summed E-state index contributed by atoms with van der Waals surface area (Å²) >= 11 is 0. The van der Waals surface area contributed by atoms with E-state index in [2.05, 4.69) is 10.3 Å². The fourth-order valence-corrected chi connectivity index (χ4v) is 1.38. The number of carbonyl (C=O) groups excluding carboxylic acids is 2. The monoisotopic (exact) mass is 266 g/mol. The molecule has 0 saturated carbocycles. The van der Waals surface area contributed by atoms with Gasteiger partial charge in [0, 0.05) is 18.7 Å². The van der Waals surface area contributed by atoms with E-state index < -0.39 is 17.3 Å². The molecule has 0 aliphatic rings. The highest BCUT2D eigenvalue weighted by atomic mass is 16.6. The van der Waals surface area contributed by atoms with Gasteiger partial charge in [-0.3, -0.25) is 9.59 Å². The van der Waals surface area contributed by atoms with Gasteiger partial charge in [0.25, 0.3) is 5.56 Å². The van der Waals surface area contributed by atoms with Crippen molar-refractivity contribution in [3.05, 3.63) is 33.7 Å². The molecule has 0 bridgehead atoms. The molecule has 1 aromatic heterocycles. The summed E-state index contributed by atoms with van der Waals surface area (Å²) in [5, 5.41) is 2.58. The quantitative estimate of drug-likeness (QED) is 0.803. The summed E-state index contributed by atoms with van der Waals surface area (Å²) in [5.41, 5.74) is -0.232. The minimum absolute atomic E-state index is 0.0869. The Hall–Kier alpha value is -2.11. The fraction of sp³-hybridized carbons (Fsp3) is 0.462. The SMILES string of the molecule is CC(C)(C)OC(=O)NCCc1ccc(C=O)c(=O)[nH]1. The molecular weight excluding hydrogens is 248 g/mol. The predicted octanol–water partition coefficient (Wildman–Crippen LogP) is 1.25. The maximum atomic E-state index is 11.4. The standard InChI is InChI=1S/C13H18N2O4/c1-13(2,3)19-12(18)14-7-6-10-5-4-9(8-16)11(17)15-10/h4-5,8H,6-7H2,1-3H3,(H,14,18)(H,15,17). The fourth-order valence-electron chi connectivity index (χ4n) is 1.38. The molecule has 0 radical (unpaired) electrons. The van der Waals surface area contributed by atoms with Crippen molar-refractivity contribution >= 4 is 12.4 Å². The van der Waals surface area contributed by atoms with E-state index >= 15 is 0 Å². The van der Waals surface area contributed by atoms with Crippen molar-refractivity contribution in [2.75, 3.05) is 6.54 Å². The third kappa shape index (κ3) is 5.37. The lowest BCUT2D eigenvalue weighted by molar-refractivity contribution is 0.0528. The number of ether oxygens (including phenoxy) is 1. The molecule has 0 atom stereocenters. The van der Waals surface area contributed by atoms with Crippen molar-refractivity contribution in [1.82, 2.24) is 10.3 Å². The minimum Gasteiger partial charge on any atom is -0.444 e. The highest BCUT2D eigenvalue weighted by Crippen LogP contribution is 2.06. The zero-order valence-electron chi connectivity index (χ0n) is 11.3. The first kappa shape index (κ1) is 14.9. The van der Waals surface area contributed by atoms with Crippen LogP contribution in [0.2, 0.25) is 0 Å². The van der Waals surface area contributed by atoms with Crippen molar-refractivity contribution in [2.24, 2.45) is 0 Å². The van der Waals surface area contributed by atoms with Crippen molar-refractivity contribution in [1.29, 1.82) is 0 Å². The lowest BCUT2D eigenvalue weighted by Gasteiger charge is -2.19. The Kier molecular flexibility index (Phi) is 4.86. The van der Waals surface area contributed by atoms with Crippen LogP contribution in [0.15, 0.2) is 16.9 Å². The highest BCUT2D eigenvalue weighted by Gasteiger charge is 2.15. The Morgan fingerprint density at radius 1 is 1.42 bits per heavy atom. The van der Waals surface area contributed by atoms with Gasteiger partial charge in [-0.2, -0.15) is 0 Å². The van der Waals surface area contributed by atoms with Gasteiger partial charge in [-0.1, -0.05) is 0 Å². The number of alkyl carbamates (subject to hydrolysis) is 1. The molecule has 6 heteroatoms. The van der Waals surface area contributed by atoms with Gasteiger partial charge in [0.1, 0.15) is 5.60 Å². The van der Waals surface area contributed by atoms with Crippen LogP contribution in [0.25, 0.3) is 0 Å². The molecule has 6 nitrogen and oxygen atoms in total. The second kappa shape index (κ2) is 6.17. The van der Waals surface area contributed by atoms with Crippen molar-refractivity contribution in [3.63, 3.8) is 0 Å². The van der Waals surface area contributed by atoms with Crippen LogP contribution < -0.4 is 10.9 Å². The largest absolute Gasteiger partial charge is 0.444 e. The topological polar surface area (TPSA) is 88.3 Å². The number of aromatic nitrogens is 1. The number of pyridine rings is 1. The lowest BCUT2D eigenvalue weighted by atomic mass is 10.2. The smallest absolute Gasteiger partial charge is 0.407 e. The molecule has 1 rings (SSSR count). The van der Waals surface area contributed by atoms with Crippen LogP contribution >= 0.6 is 0 Å². The van der Waals surface area contributed by atoms with Gasteiger partial charge in [0.2, 0.25) is 0 Å². The molecule has 0 aromatic carbocycles. The van der Waals surface area contributed by atoms with Crippen molar-refractivity contribution in [3.8, 4) is 0 Å². The molecule has 2 N–H and O–H groups in total.